The predicted molar refractivity (Wildman–Crippen MR) is 64.5 cm³/mol. The second kappa shape index (κ2) is 5.34. The number of nitrogens with one attached hydrogen (secondary N) is 1. The predicted octanol–water partition coefficient (Wildman–Crippen LogP) is 0.869. The van der Waals surface area contributed by atoms with Crippen molar-refractivity contribution < 1.29 is 14.3 Å². The second-order valence-electron chi connectivity index (χ2n) is 3.79. The number of aryl methyl sites for hydroxylation is 1. The summed E-state index contributed by atoms with van der Waals surface area (Å²) in [5.41, 5.74) is 7.57. The van der Waals surface area contributed by atoms with Gasteiger partial charge in [0.2, 0.25) is 0 Å². The summed E-state index contributed by atoms with van der Waals surface area (Å²) in [5, 5.41) is 2.54. The highest BCUT2D eigenvalue weighted by Gasteiger charge is 2.16. The topological polar surface area (TPSA) is 81.4 Å². The summed E-state index contributed by atoms with van der Waals surface area (Å²) in [4.78, 5) is 22.9. The van der Waals surface area contributed by atoms with Gasteiger partial charge in [-0.2, -0.15) is 0 Å². The minimum Gasteiger partial charge on any atom is -0.467 e. The number of benzene rings is 1. The minimum atomic E-state index is -0.676. The molecule has 3 N–H and O–H groups in total. The Labute approximate surface area is 99.9 Å². The van der Waals surface area contributed by atoms with E-state index >= 15 is 0 Å². The average molecular weight is 236 g/mol. The third kappa shape index (κ3) is 3.21. The van der Waals surface area contributed by atoms with E-state index in [0.717, 1.165) is 5.56 Å². The Balaban J connectivity index is 2.76. The van der Waals surface area contributed by atoms with Crippen LogP contribution in [0.4, 0.5) is 5.69 Å². The molecule has 0 fully saturated rings. The van der Waals surface area contributed by atoms with E-state index in [-0.39, 0.29) is 5.91 Å². The van der Waals surface area contributed by atoms with Crippen LogP contribution in [0.5, 0.6) is 0 Å². The van der Waals surface area contributed by atoms with Gasteiger partial charge in [-0.05, 0) is 37.6 Å². The molecular formula is C12H16N2O3. The molecule has 0 aliphatic carbocycles. The maximum Gasteiger partial charge on any atom is 0.328 e. The van der Waals surface area contributed by atoms with Gasteiger partial charge >= 0.3 is 5.97 Å². The van der Waals surface area contributed by atoms with E-state index in [4.69, 9.17) is 5.73 Å². The van der Waals surface area contributed by atoms with Crippen LogP contribution in [0, 0.1) is 6.92 Å². The smallest absolute Gasteiger partial charge is 0.328 e. The first-order valence-electron chi connectivity index (χ1n) is 5.20. The summed E-state index contributed by atoms with van der Waals surface area (Å²) in [7, 11) is 1.28. The van der Waals surface area contributed by atoms with Crippen molar-refractivity contribution >= 4 is 17.6 Å². The van der Waals surface area contributed by atoms with Gasteiger partial charge in [-0.25, -0.2) is 4.79 Å². The number of esters is 1. The summed E-state index contributed by atoms with van der Waals surface area (Å²) in [6, 6.07) is 4.27. The van der Waals surface area contributed by atoms with Crippen molar-refractivity contribution in [3.05, 3.63) is 29.3 Å². The van der Waals surface area contributed by atoms with Crippen LogP contribution < -0.4 is 11.1 Å². The van der Waals surface area contributed by atoms with Crippen LogP contribution in [0.25, 0.3) is 0 Å². The lowest BCUT2D eigenvalue weighted by Crippen LogP contribution is -2.39. The van der Waals surface area contributed by atoms with Gasteiger partial charge in [0.1, 0.15) is 6.04 Å². The zero-order valence-electron chi connectivity index (χ0n) is 10.1. The molecule has 5 heteroatoms. The molecule has 1 amide bonds. The largest absolute Gasteiger partial charge is 0.467 e. The van der Waals surface area contributed by atoms with E-state index in [1.165, 1.54) is 7.11 Å². The SMILES string of the molecule is COC(=O)[C@H](C)NC(=O)c1ccc(N)c(C)c1. The van der Waals surface area contributed by atoms with Gasteiger partial charge < -0.3 is 15.8 Å². The Kier molecular flexibility index (Phi) is 4.09. The maximum atomic E-state index is 11.8. The number of amides is 1. The van der Waals surface area contributed by atoms with Crippen LogP contribution >= 0.6 is 0 Å². The number of hydrogen-bond acceptors (Lipinski definition) is 4. The Morgan fingerprint density at radius 1 is 1.41 bits per heavy atom. The molecule has 0 unspecified atom stereocenters. The number of ether oxygens (including phenoxy) is 1. The Bertz CT molecular complexity index is 443. The first-order chi connectivity index (χ1) is 7.95. The van der Waals surface area contributed by atoms with Crippen LogP contribution in [0.1, 0.15) is 22.8 Å². The van der Waals surface area contributed by atoms with E-state index in [1.54, 1.807) is 25.1 Å². The summed E-state index contributed by atoms with van der Waals surface area (Å²) in [6.45, 7) is 3.38. The van der Waals surface area contributed by atoms with Gasteiger partial charge in [-0.1, -0.05) is 0 Å². The Hall–Kier alpha value is -2.04. The molecule has 0 radical (unpaired) electrons. The molecule has 1 aromatic rings. The normalized spacial score (nSPS) is 11.7. The highest BCUT2D eigenvalue weighted by Crippen LogP contribution is 2.12. The molecule has 17 heavy (non-hydrogen) atoms. The number of anilines is 1. The van der Waals surface area contributed by atoms with Gasteiger partial charge in [0.15, 0.2) is 0 Å². The number of hydrogen-bond donors (Lipinski definition) is 2. The van der Waals surface area contributed by atoms with Crippen LogP contribution in [0.3, 0.4) is 0 Å². The number of nitrogen functional groups attached to an aromatic ring is 1. The molecule has 1 rings (SSSR count). The van der Waals surface area contributed by atoms with Crippen molar-refractivity contribution in [3.63, 3.8) is 0 Å². The first-order valence-corrected chi connectivity index (χ1v) is 5.20. The van der Waals surface area contributed by atoms with Crippen molar-refractivity contribution in [1.82, 2.24) is 5.32 Å². The van der Waals surface area contributed by atoms with Crippen molar-refractivity contribution in [2.75, 3.05) is 12.8 Å². The third-order valence-corrected chi connectivity index (χ3v) is 2.43. The zero-order chi connectivity index (χ0) is 13.0. The molecule has 1 aromatic carbocycles. The number of carbonyl (C=O) groups excluding carboxylic acids is 2. The van der Waals surface area contributed by atoms with Gasteiger partial charge in [0.05, 0.1) is 7.11 Å². The van der Waals surface area contributed by atoms with Crippen molar-refractivity contribution in [3.8, 4) is 0 Å². The maximum absolute atomic E-state index is 11.8. The number of nitrogens with two attached hydrogens (primary N) is 1. The molecule has 1 atom stereocenters. The lowest BCUT2D eigenvalue weighted by molar-refractivity contribution is -0.142. The Morgan fingerprint density at radius 2 is 2.06 bits per heavy atom. The first kappa shape index (κ1) is 13.0. The van der Waals surface area contributed by atoms with E-state index in [9.17, 15) is 9.59 Å². The van der Waals surface area contributed by atoms with Crippen LogP contribution in [-0.4, -0.2) is 25.0 Å². The lowest BCUT2D eigenvalue weighted by atomic mass is 10.1. The fourth-order valence-electron chi connectivity index (χ4n) is 1.33. The zero-order valence-corrected chi connectivity index (χ0v) is 10.1. The molecule has 92 valence electrons. The van der Waals surface area contributed by atoms with Gasteiger partial charge in [-0.3, -0.25) is 4.79 Å². The van der Waals surface area contributed by atoms with Crippen LogP contribution in [0.2, 0.25) is 0 Å². The highest BCUT2D eigenvalue weighted by atomic mass is 16.5. The standard InChI is InChI=1S/C12H16N2O3/c1-7-6-9(4-5-10(7)13)11(15)14-8(2)12(16)17-3/h4-6,8H,13H2,1-3H3,(H,14,15)/t8-/m0/s1. The molecule has 0 aromatic heterocycles. The fourth-order valence-corrected chi connectivity index (χ4v) is 1.33. The van der Waals surface area contributed by atoms with Gasteiger partial charge in [0, 0.05) is 11.3 Å². The number of methoxy groups -OCH3 is 1. The van der Waals surface area contributed by atoms with E-state index in [0.29, 0.717) is 11.3 Å². The molecular weight excluding hydrogens is 220 g/mol. The molecule has 0 spiro atoms. The molecule has 0 bridgehead atoms. The van der Waals surface area contributed by atoms with Crippen molar-refractivity contribution in [2.45, 2.75) is 19.9 Å². The quantitative estimate of drug-likeness (QED) is 0.602. The van der Waals surface area contributed by atoms with E-state index < -0.39 is 12.0 Å². The number of rotatable bonds is 3. The molecule has 0 heterocycles. The lowest BCUT2D eigenvalue weighted by Gasteiger charge is -2.12. The molecule has 0 aliphatic heterocycles. The van der Waals surface area contributed by atoms with Gasteiger partial charge in [-0.15, -0.1) is 0 Å². The second-order valence-corrected chi connectivity index (χ2v) is 3.79. The minimum absolute atomic E-state index is 0.328. The van der Waals surface area contributed by atoms with Crippen molar-refractivity contribution in [1.29, 1.82) is 0 Å². The number of carbonyl (C=O) groups is 2. The molecule has 0 aliphatic rings. The molecule has 5 nitrogen and oxygen atoms in total. The van der Waals surface area contributed by atoms with Gasteiger partial charge in [0.25, 0.3) is 5.91 Å². The average Bonchev–Trinajstić information content (AvgIpc) is 2.31. The van der Waals surface area contributed by atoms with E-state index in [2.05, 4.69) is 10.1 Å². The van der Waals surface area contributed by atoms with Crippen LogP contribution in [-0.2, 0) is 9.53 Å². The molecule has 0 saturated carbocycles. The fraction of sp³-hybridized carbons (Fsp3) is 0.333. The monoisotopic (exact) mass is 236 g/mol. The van der Waals surface area contributed by atoms with E-state index in [1.807, 2.05) is 6.92 Å². The summed E-state index contributed by atoms with van der Waals surface area (Å²) >= 11 is 0. The van der Waals surface area contributed by atoms with Crippen molar-refractivity contribution in [2.24, 2.45) is 0 Å². The van der Waals surface area contributed by atoms with Crippen LogP contribution in [0.15, 0.2) is 18.2 Å². The highest BCUT2D eigenvalue weighted by molar-refractivity contribution is 5.97. The third-order valence-electron chi connectivity index (χ3n) is 2.43. The summed E-state index contributed by atoms with van der Waals surface area (Å²) in [5.74, 6) is -0.809. The summed E-state index contributed by atoms with van der Waals surface area (Å²) in [6.07, 6.45) is 0. The summed E-state index contributed by atoms with van der Waals surface area (Å²) < 4.78 is 4.52. The molecule has 0 saturated heterocycles. The Morgan fingerprint density at radius 3 is 2.59 bits per heavy atom.